The molecule has 0 saturated carbocycles. The summed E-state index contributed by atoms with van der Waals surface area (Å²) in [6, 6.07) is 18.5. The Bertz CT molecular complexity index is 1200. The predicted molar refractivity (Wildman–Crippen MR) is 122 cm³/mol. The molecule has 1 aliphatic carbocycles. The van der Waals surface area contributed by atoms with Gasteiger partial charge in [0, 0.05) is 56.7 Å². The molecule has 4 nitrogen and oxygen atoms in total. The largest absolute Gasteiger partial charge is 0.314 e. The number of aromatic nitrogens is 2. The number of fused-ring (bicyclic) bond motifs is 5. The predicted octanol–water partition coefficient (Wildman–Crippen LogP) is 3.94. The lowest BCUT2D eigenvalue weighted by Crippen LogP contribution is -2.52. The van der Waals surface area contributed by atoms with E-state index in [9.17, 15) is 0 Å². The minimum absolute atomic E-state index is 0.391. The van der Waals surface area contributed by atoms with E-state index in [2.05, 4.69) is 63.7 Å². The van der Waals surface area contributed by atoms with Crippen LogP contribution in [0.1, 0.15) is 22.7 Å². The maximum atomic E-state index is 4.72. The van der Waals surface area contributed by atoms with Gasteiger partial charge in [-0.05, 0) is 45.5 Å². The van der Waals surface area contributed by atoms with Crippen LogP contribution < -0.4 is 5.32 Å². The van der Waals surface area contributed by atoms with Crippen molar-refractivity contribution in [3.63, 3.8) is 0 Å². The summed E-state index contributed by atoms with van der Waals surface area (Å²) in [5.74, 6) is 0.391. The molecule has 6 rings (SSSR count). The highest BCUT2D eigenvalue weighted by molar-refractivity contribution is 6.08. The highest BCUT2D eigenvalue weighted by Crippen LogP contribution is 2.39. The van der Waals surface area contributed by atoms with E-state index in [4.69, 9.17) is 4.98 Å². The van der Waals surface area contributed by atoms with Gasteiger partial charge in [-0.2, -0.15) is 0 Å². The molecule has 30 heavy (non-hydrogen) atoms. The van der Waals surface area contributed by atoms with Crippen LogP contribution in [0.15, 0.2) is 67.1 Å². The van der Waals surface area contributed by atoms with Crippen molar-refractivity contribution in [2.24, 2.45) is 0 Å². The second-order valence-electron chi connectivity index (χ2n) is 8.58. The number of benzene rings is 3. The first-order valence-corrected chi connectivity index (χ1v) is 11.0. The Kier molecular flexibility index (Phi) is 4.47. The van der Waals surface area contributed by atoms with E-state index in [-0.39, 0.29) is 0 Å². The molecule has 2 unspecified atom stereocenters. The van der Waals surface area contributed by atoms with E-state index >= 15 is 0 Å². The SMILES string of the molecule is c1ccc2c(c1)ccc1c3c(ccc12)CC(c1cnccn1)C(N1CCNCC1)C3. The minimum Gasteiger partial charge on any atom is -0.314 e. The third-order valence-corrected chi connectivity index (χ3v) is 7.04. The van der Waals surface area contributed by atoms with Gasteiger partial charge in [0.25, 0.3) is 0 Å². The lowest BCUT2D eigenvalue weighted by atomic mass is 9.76. The normalized spacial score (nSPS) is 22.3. The van der Waals surface area contributed by atoms with Crippen molar-refractivity contribution in [2.45, 2.75) is 24.8 Å². The second-order valence-corrected chi connectivity index (χ2v) is 8.58. The summed E-state index contributed by atoms with van der Waals surface area (Å²) in [5.41, 5.74) is 4.13. The van der Waals surface area contributed by atoms with Gasteiger partial charge < -0.3 is 5.32 Å². The van der Waals surface area contributed by atoms with Crippen LogP contribution in [-0.4, -0.2) is 47.1 Å². The van der Waals surface area contributed by atoms with Gasteiger partial charge in [-0.25, -0.2) is 0 Å². The van der Waals surface area contributed by atoms with Gasteiger partial charge in [0.1, 0.15) is 0 Å². The molecule has 1 saturated heterocycles. The van der Waals surface area contributed by atoms with Crippen molar-refractivity contribution in [3.8, 4) is 0 Å². The molecule has 2 aliphatic rings. The van der Waals surface area contributed by atoms with Crippen LogP contribution in [0.5, 0.6) is 0 Å². The van der Waals surface area contributed by atoms with E-state index < -0.39 is 0 Å². The summed E-state index contributed by atoms with van der Waals surface area (Å²) >= 11 is 0. The topological polar surface area (TPSA) is 41.1 Å². The van der Waals surface area contributed by atoms with Crippen LogP contribution >= 0.6 is 0 Å². The molecule has 1 aromatic heterocycles. The first-order chi connectivity index (χ1) is 14.9. The lowest BCUT2D eigenvalue weighted by Gasteiger charge is -2.42. The summed E-state index contributed by atoms with van der Waals surface area (Å²) in [6.07, 6.45) is 7.70. The zero-order valence-electron chi connectivity index (χ0n) is 17.1. The Morgan fingerprint density at radius 1 is 0.833 bits per heavy atom. The zero-order valence-corrected chi connectivity index (χ0v) is 17.1. The first kappa shape index (κ1) is 18.0. The van der Waals surface area contributed by atoms with Gasteiger partial charge in [-0.3, -0.25) is 14.9 Å². The van der Waals surface area contributed by atoms with Gasteiger partial charge in [0.15, 0.2) is 0 Å². The van der Waals surface area contributed by atoms with E-state index in [1.54, 1.807) is 6.20 Å². The number of hydrogen-bond acceptors (Lipinski definition) is 4. The molecule has 150 valence electrons. The van der Waals surface area contributed by atoms with Crippen molar-refractivity contribution in [2.75, 3.05) is 26.2 Å². The third-order valence-electron chi connectivity index (χ3n) is 7.04. The fourth-order valence-corrected chi connectivity index (χ4v) is 5.55. The summed E-state index contributed by atoms with van der Waals surface area (Å²) in [4.78, 5) is 11.8. The Morgan fingerprint density at radius 3 is 2.57 bits per heavy atom. The van der Waals surface area contributed by atoms with E-state index in [0.717, 1.165) is 44.7 Å². The highest BCUT2D eigenvalue weighted by atomic mass is 15.2. The monoisotopic (exact) mass is 394 g/mol. The first-order valence-electron chi connectivity index (χ1n) is 11.0. The van der Waals surface area contributed by atoms with E-state index in [0.29, 0.717) is 12.0 Å². The molecule has 3 aromatic carbocycles. The Labute approximate surface area is 177 Å². The molecule has 0 bridgehead atoms. The van der Waals surface area contributed by atoms with Gasteiger partial charge in [0.05, 0.1) is 5.69 Å². The van der Waals surface area contributed by atoms with Gasteiger partial charge >= 0.3 is 0 Å². The second kappa shape index (κ2) is 7.46. The summed E-state index contributed by atoms with van der Waals surface area (Å²) in [6.45, 7) is 4.34. The van der Waals surface area contributed by atoms with Crippen molar-refractivity contribution in [1.82, 2.24) is 20.2 Å². The standard InChI is InChI=1S/C26H26N4/c1-2-4-20-18(3-1)5-7-22-21(20)8-6-19-15-24(25-17-28-9-10-29-25)26(16-23(19)22)30-13-11-27-12-14-30/h1-10,17,24,26-27H,11-16H2. The van der Waals surface area contributed by atoms with Crippen molar-refractivity contribution in [3.05, 3.63) is 83.9 Å². The quantitative estimate of drug-likeness (QED) is 0.523. The van der Waals surface area contributed by atoms with Crippen LogP contribution in [0.2, 0.25) is 0 Å². The highest BCUT2D eigenvalue weighted by Gasteiger charge is 2.35. The number of nitrogens with zero attached hydrogens (tertiary/aromatic N) is 3. The molecule has 1 fully saturated rings. The molecule has 4 aromatic rings. The number of nitrogens with one attached hydrogen (secondary N) is 1. The van der Waals surface area contributed by atoms with Crippen molar-refractivity contribution in [1.29, 1.82) is 0 Å². The average Bonchev–Trinajstić information content (AvgIpc) is 2.84. The van der Waals surface area contributed by atoms with Gasteiger partial charge in [-0.1, -0.05) is 48.5 Å². The Morgan fingerprint density at radius 2 is 1.70 bits per heavy atom. The fraction of sp³-hybridized carbons (Fsp3) is 0.308. The minimum atomic E-state index is 0.391. The summed E-state index contributed by atoms with van der Waals surface area (Å²) in [7, 11) is 0. The van der Waals surface area contributed by atoms with Gasteiger partial charge in [0.2, 0.25) is 0 Å². The summed E-state index contributed by atoms with van der Waals surface area (Å²) in [5, 5.41) is 8.98. The lowest BCUT2D eigenvalue weighted by molar-refractivity contribution is 0.142. The van der Waals surface area contributed by atoms with Gasteiger partial charge in [-0.15, -0.1) is 0 Å². The molecule has 1 aliphatic heterocycles. The Balaban J connectivity index is 1.50. The molecule has 1 N–H and O–H groups in total. The molecule has 0 spiro atoms. The smallest absolute Gasteiger partial charge is 0.0636 e. The number of piperazine rings is 1. The van der Waals surface area contributed by atoms with Crippen LogP contribution in [0.25, 0.3) is 21.5 Å². The fourth-order valence-electron chi connectivity index (χ4n) is 5.55. The maximum absolute atomic E-state index is 4.72. The molecular formula is C26H26N4. The third kappa shape index (κ3) is 2.99. The molecular weight excluding hydrogens is 368 g/mol. The molecule has 4 heteroatoms. The number of rotatable bonds is 2. The Hall–Kier alpha value is -2.82. The maximum Gasteiger partial charge on any atom is 0.0636 e. The number of hydrogen-bond donors (Lipinski definition) is 1. The van der Waals surface area contributed by atoms with Crippen LogP contribution in [0.4, 0.5) is 0 Å². The van der Waals surface area contributed by atoms with Crippen molar-refractivity contribution >= 4 is 21.5 Å². The summed E-state index contributed by atoms with van der Waals surface area (Å²) < 4.78 is 0. The molecule has 2 heterocycles. The molecule has 0 radical (unpaired) electrons. The molecule has 2 atom stereocenters. The average molecular weight is 395 g/mol. The van der Waals surface area contributed by atoms with Crippen LogP contribution in [-0.2, 0) is 12.8 Å². The zero-order chi connectivity index (χ0) is 19.9. The van der Waals surface area contributed by atoms with E-state index in [1.165, 1.54) is 32.7 Å². The van der Waals surface area contributed by atoms with Crippen LogP contribution in [0.3, 0.4) is 0 Å². The van der Waals surface area contributed by atoms with Crippen LogP contribution in [0, 0.1) is 0 Å². The molecule has 0 amide bonds. The van der Waals surface area contributed by atoms with E-state index in [1.807, 2.05) is 12.4 Å². The van der Waals surface area contributed by atoms with Crippen molar-refractivity contribution < 1.29 is 0 Å².